The van der Waals surface area contributed by atoms with E-state index in [1.165, 1.54) is 19.2 Å². The van der Waals surface area contributed by atoms with Crippen molar-refractivity contribution in [1.82, 2.24) is 24.7 Å². The number of carboxylic acid groups (broad SMARTS) is 1. The highest BCUT2D eigenvalue weighted by Gasteiger charge is 2.29. The predicted octanol–water partition coefficient (Wildman–Crippen LogP) is 3.03. The van der Waals surface area contributed by atoms with Crippen LogP contribution in [0, 0.1) is 5.92 Å². The summed E-state index contributed by atoms with van der Waals surface area (Å²) in [5, 5.41) is 14.7. The largest absolute Gasteiger partial charge is 0.481 e. The van der Waals surface area contributed by atoms with E-state index in [0.29, 0.717) is 5.92 Å². The van der Waals surface area contributed by atoms with Crippen LogP contribution in [0.4, 0.5) is 0 Å². The molecule has 4 rings (SSSR count). The second-order valence-electron chi connectivity index (χ2n) is 6.38. The third-order valence-electron chi connectivity index (χ3n) is 4.90. The summed E-state index contributed by atoms with van der Waals surface area (Å²) < 4.78 is 1.82. The summed E-state index contributed by atoms with van der Waals surface area (Å²) in [6, 6.07) is 1.84. The summed E-state index contributed by atoms with van der Waals surface area (Å²) in [4.78, 5) is 22.9. The van der Waals surface area contributed by atoms with Crippen molar-refractivity contribution in [2.45, 2.75) is 38.1 Å². The summed E-state index contributed by atoms with van der Waals surface area (Å²) in [5.41, 5.74) is 2.48. The number of nitrogens with one attached hydrogen (secondary N) is 1. The molecular formula is C17H19N5O2. The van der Waals surface area contributed by atoms with Crippen molar-refractivity contribution < 1.29 is 9.90 Å². The van der Waals surface area contributed by atoms with Gasteiger partial charge in [-0.3, -0.25) is 9.48 Å². The Morgan fingerprint density at radius 1 is 1.38 bits per heavy atom. The molecule has 3 heterocycles. The van der Waals surface area contributed by atoms with Crippen molar-refractivity contribution in [3.05, 3.63) is 31.0 Å². The van der Waals surface area contributed by atoms with Gasteiger partial charge in [-0.05, 0) is 24.8 Å². The van der Waals surface area contributed by atoms with Crippen molar-refractivity contribution in [2.75, 3.05) is 0 Å². The molecule has 124 valence electrons. The first-order valence-electron chi connectivity index (χ1n) is 8.27. The number of H-pyrrole nitrogens is 1. The number of fused-ring (bicyclic) bond motifs is 1. The van der Waals surface area contributed by atoms with Crippen molar-refractivity contribution in [3.8, 4) is 11.3 Å². The molecule has 0 spiro atoms. The van der Waals surface area contributed by atoms with Gasteiger partial charge in [0.2, 0.25) is 0 Å². The summed E-state index contributed by atoms with van der Waals surface area (Å²) in [6.07, 6.45) is 11.6. The van der Waals surface area contributed by atoms with Gasteiger partial charge in [-0.1, -0.05) is 12.8 Å². The van der Waals surface area contributed by atoms with Crippen LogP contribution in [0.15, 0.2) is 31.0 Å². The first kappa shape index (κ1) is 14.9. The van der Waals surface area contributed by atoms with Gasteiger partial charge in [0.15, 0.2) is 0 Å². The lowest BCUT2D eigenvalue weighted by atomic mass is 9.95. The van der Waals surface area contributed by atoms with Gasteiger partial charge in [0, 0.05) is 23.3 Å². The van der Waals surface area contributed by atoms with E-state index in [-0.39, 0.29) is 12.5 Å². The molecule has 24 heavy (non-hydrogen) atoms. The number of carbonyl (C=O) groups is 1. The first-order chi connectivity index (χ1) is 11.7. The standard InChI is InChI=1S/C17H19N5O2/c23-15(24)7-14(11-3-1-2-4-11)22-9-12(8-21-22)16-13-5-6-18-17(13)20-10-19-16/h5-6,8-11,14H,1-4,7H2,(H,23,24)(H,18,19,20). The maximum atomic E-state index is 11.3. The minimum atomic E-state index is -0.779. The van der Waals surface area contributed by atoms with Crippen molar-refractivity contribution in [3.63, 3.8) is 0 Å². The molecule has 1 fully saturated rings. The minimum absolute atomic E-state index is 0.0951. The number of rotatable bonds is 5. The maximum Gasteiger partial charge on any atom is 0.305 e. The fourth-order valence-electron chi connectivity index (χ4n) is 3.74. The average Bonchev–Trinajstić information content (AvgIpc) is 3.32. The lowest BCUT2D eigenvalue weighted by Crippen LogP contribution is -2.21. The van der Waals surface area contributed by atoms with Crippen LogP contribution < -0.4 is 0 Å². The van der Waals surface area contributed by atoms with Crippen LogP contribution >= 0.6 is 0 Å². The van der Waals surface area contributed by atoms with Gasteiger partial charge in [0.05, 0.1) is 24.4 Å². The monoisotopic (exact) mass is 325 g/mol. The number of aromatic amines is 1. The number of nitrogens with zero attached hydrogens (tertiary/aromatic N) is 4. The zero-order chi connectivity index (χ0) is 16.5. The van der Waals surface area contributed by atoms with Crippen LogP contribution in [-0.4, -0.2) is 35.8 Å². The highest BCUT2D eigenvalue weighted by atomic mass is 16.4. The highest BCUT2D eigenvalue weighted by molar-refractivity contribution is 5.89. The van der Waals surface area contributed by atoms with Gasteiger partial charge in [-0.25, -0.2) is 9.97 Å². The molecule has 0 aromatic carbocycles. The number of aromatic nitrogens is 5. The Hall–Kier alpha value is -2.70. The van der Waals surface area contributed by atoms with Crippen molar-refractivity contribution in [1.29, 1.82) is 0 Å². The van der Waals surface area contributed by atoms with E-state index in [4.69, 9.17) is 0 Å². The predicted molar refractivity (Wildman–Crippen MR) is 88.4 cm³/mol. The van der Waals surface area contributed by atoms with Gasteiger partial charge in [-0.15, -0.1) is 0 Å². The molecule has 1 saturated carbocycles. The summed E-state index contributed by atoms with van der Waals surface area (Å²) in [7, 11) is 0. The molecule has 3 aromatic rings. The zero-order valence-electron chi connectivity index (χ0n) is 13.2. The van der Waals surface area contributed by atoms with Crippen molar-refractivity contribution >= 4 is 17.0 Å². The van der Waals surface area contributed by atoms with Gasteiger partial charge in [-0.2, -0.15) is 5.10 Å². The molecular weight excluding hydrogens is 306 g/mol. The molecule has 2 N–H and O–H groups in total. The summed E-state index contributed by atoms with van der Waals surface area (Å²) in [6.45, 7) is 0. The Bertz CT molecular complexity index is 863. The van der Waals surface area contributed by atoms with Crippen LogP contribution in [0.3, 0.4) is 0 Å². The van der Waals surface area contributed by atoms with E-state index >= 15 is 0 Å². The highest BCUT2D eigenvalue weighted by Crippen LogP contribution is 2.36. The normalized spacial score (nSPS) is 16.7. The van der Waals surface area contributed by atoms with E-state index in [1.807, 2.05) is 23.1 Å². The quantitative estimate of drug-likeness (QED) is 0.751. The Labute approximate surface area is 138 Å². The smallest absolute Gasteiger partial charge is 0.305 e. The second-order valence-corrected chi connectivity index (χ2v) is 6.38. The van der Waals surface area contributed by atoms with Crippen molar-refractivity contribution in [2.24, 2.45) is 5.92 Å². The second kappa shape index (κ2) is 6.07. The molecule has 7 nitrogen and oxygen atoms in total. The topological polar surface area (TPSA) is 96.7 Å². The number of aliphatic carboxylic acids is 1. The molecule has 1 aliphatic carbocycles. The van der Waals surface area contributed by atoms with Gasteiger partial charge in [0.1, 0.15) is 12.0 Å². The first-order valence-corrected chi connectivity index (χ1v) is 8.27. The Kier molecular flexibility index (Phi) is 3.76. The van der Waals surface area contributed by atoms with E-state index in [2.05, 4.69) is 20.1 Å². The minimum Gasteiger partial charge on any atom is -0.481 e. The molecule has 3 aromatic heterocycles. The molecule has 0 bridgehead atoms. The summed E-state index contributed by atoms with van der Waals surface area (Å²) >= 11 is 0. The maximum absolute atomic E-state index is 11.3. The fraction of sp³-hybridized carbons (Fsp3) is 0.412. The van der Waals surface area contributed by atoms with Crippen LogP contribution in [0.5, 0.6) is 0 Å². The van der Waals surface area contributed by atoms with Gasteiger partial charge in [0.25, 0.3) is 0 Å². The molecule has 1 aliphatic rings. The molecule has 1 unspecified atom stereocenters. The number of carboxylic acids is 1. The van der Waals surface area contributed by atoms with Crippen LogP contribution in [0.25, 0.3) is 22.3 Å². The Balaban J connectivity index is 1.69. The van der Waals surface area contributed by atoms with Gasteiger partial charge < -0.3 is 10.1 Å². The molecule has 0 radical (unpaired) electrons. The van der Waals surface area contributed by atoms with Crippen LogP contribution in [0.2, 0.25) is 0 Å². The molecule has 0 aliphatic heterocycles. The zero-order valence-corrected chi connectivity index (χ0v) is 13.2. The van der Waals surface area contributed by atoms with Gasteiger partial charge >= 0.3 is 5.97 Å². The number of hydrogen-bond acceptors (Lipinski definition) is 4. The molecule has 0 amide bonds. The third-order valence-corrected chi connectivity index (χ3v) is 4.90. The van der Waals surface area contributed by atoms with Crippen LogP contribution in [0.1, 0.15) is 38.1 Å². The lowest BCUT2D eigenvalue weighted by molar-refractivity contribution is -0.138. The molecule has 0 saturated heterocycles. The van der Waals surface area contributed by atoms with E-state index in [0.717, 1.165) is 35.1 Å². The lowest BCUT2D eigenvalue weighted by Gasteiger charge is -2.22. The average molecular weight is 325 g/mol. The molecule has 7 heteroatoms. The van der Waals surface area contributed by atoms with E-state index in [9.17, 15) is 9.90 Å². The summed E-state index contributed by atoms with van der Waals surface area (Å²) in [5.74, 6) is -0.398. The third kappa shape index (κ3) is 2.66. The number of hydrogen-bond donors (Lipinski definition) is 2. The van der Waals surface area contributed by atoms with Crippen LogP contribution in [-0.2, 0) is 4.79 Å². The van der Waals surface area contributed by atoms with E-state index < -0.39 is 5.97 Å². The SMILES string of the molecule is O=C(O)CC(C1CCCC1)n1cc(-c2ncnc3[nH]ccc23)cn1. The van der Waals surface area contributed by atoms with E-state index in [1.54, 1.807) is 6.20 Å². The Morgan fingerprint density at radius 3 is 3.00 bits per heavy atom. The molecule has 1 atom stereocenters. The fourth-order valence-corrected chi connectivity index (χ4v) is 3.74. The Morgan fingerprint density at radius 2 is 2.21 bits per heavy atom.